The number of aryl methyl sites for hydroxylation is 2. The van der Waals surface area contributed by atoms with Gasteiger partial charge in [-0.3, -0.25) is 4.98 Å². The van der Waals surface area contributed by atoms with Crippen molar-refractivity contribution in [3.05, 3.63) is 35.0 Å². The molecule has 1 aliphatic heterocycles. The first-order chi connectivity index (χ1) is 13.2. The van der Waals surface area contributed by atoms with E-state index in [1.165, 1.54) is 4.31 Å². The maximum atomic E-state index is 12.6. The van der Waals surface area contributed by atoms with Crippen LogP contribution in [0.4, 0.5) is 5.69 Å². The second kappa shape index (κ2) is 8.02. The van der Waals surface area contributed by atoms with Gasteiger partial charge in [-0.25, -0.2) is 9.93 Å². The number of aromatic nitrogens is 1. The third kappa shape index (κ3) is 4.11. The van der Waals surface area contributed by atoms with E-state index in [1.54, 1.807) is 13.1 Å². The molecule has 2 N–H and O–H groups in total. The fourth-order valence-electron chi connectivity index (χ4n) is 3.51. The summed E-state index contributed by atoms with van der Waals surface area (Å²) >= 11 is 0. The lowest BCUT2D eigenvalue weighted by molar-refractivity contribution is 0.0526. The van der Waals surface area contributed by atoms with Crippen LogP contribution in [0.2, 0.25) is 0 Å². The van der Waals surface area contributed by atoms with Crippen LogP contribution in [0.3, 0.4) is 0 Å². The van der Waals surface area contributed by atoms with Gasteiger partial charge >= 0.3 is 5.97 Å². The molecule has 152 valence electrons. The maximum absolute atomic E-state index is 12.6. The average Bonchev–Trinajstić information content (AvgIpc) is 2.88. The van der Waals surface area contributed by atoms with Gasteiger partial charge in [0.15, 0.2) is 0 Å². The third-order valence-electron chi connectivity index (χ3n) is 5.08. The molecule has 8 nitrogen and oxygen atoms in total. The predicted molar refractivity (Wildman–Crippen MR) is 109 cm³/mol. The minimum atomic E-state index is -3.74. The summed E-state index contributed by atoms with van der Waals surface area (Å²) in [6.07, 6.45) is 2.15. The molecule has 0 atom stereocenters. The highest BCUT2D eigenvalue weighted by atomic mass is 32.2. The predicted octanol–water partition coefficient (Wildman–Crippen LogP) is 1.74. The van der Waals surface area contributed by atoms with Crippen LogP contribution in [0.25, 0.3) is 10.9 Å². The number of benzene rings is 1. The van der Waals surface area contributed by atoms with Gasteiger partial charge in [0.2, 0.25) is 0 Å². The number of anilines is 1. The first kappa shape index (κ1) is 20.5. The van der Waals surface area contributed by atoms with Crippen LogP contribution < -0.4 is 10.0 Å². The van der Waals surface area contributed by atoms with Crippen LogP contribution in [0, 0.1) is 13.8 Å². The van der Waals surface area contributed by atoms with Crippen molar-refractivity contribution in [2.45, 2.75) is 27.2 Å². The highest BCUT2D eigenvalue weighted by Gasteiger charge is 2.26. The van der Waals surface area contributed by atoms with Crippen molar-refractivity contribution in [1.29, 1.82) is 0 Å². The first-order valence-electron chi connectivity index (χ1n) is 9.32. The summed E-state index contributed by atoms with van der Waals surface area (Å²) < 4.78 is 30.0. The third-order valence-corrected chi connectivity index (χ3v) is 6.17. The Labute approximate surface area is 165 Å². The molecular weight excluding hydrogens is 380 g/mol. The number of hydrogen-bond acceptors (Lipinski definition) is 6. The molecular formula is C19H26N4O4S. The largest absolute Gasteiger partial charge is 0.462 e. The number of pyridine rings is 1. The van der Waals surface area contributed by atoms with Crippen molar-refractivity contribution in [3.8, 4) is 0 Å². The fraction of sp³-hybridized carbons (Fsp3) is 0.474. The molecule has 3 rings (SSSR count). The standard InChI is InChI=1S/C19H26N4O4S/c1-4-27-19(24)16-12-21-17-11-14(3)13(2)10-15(17)18(16)22-6-5-7-23(9-8-22)28(20,25)26/h10-12H,4-9H2,1-3H3,(H2,20,25,26). The minimum Gasteiger partial charge on any atom is -0.462 e. The summed E-state index contributed by atoms with van der Waals surface area (Å²) in [4.78, 5) is 19.1. The molecule has 0 saturated carbocycles. The van der Waals surface area contributed by atoms with Gasteiger partial charge in [0, 0.05) is 37.8 Å². The topological polar surface area (TPSA) is 106 Å². The molecule has 28 heavy (non-hydrogen) atoms. The van der Waals surface area contributed by atoms with Gasteiger partial charge in [-0.1, -0.05) is 0 Å². The Morgan fingerprint density at radius 1 is 1.18 bits per heavy atom. The van der Waals surface area contributed by atoms with E-state index in [2.05, 4.69) is 4.98 Å². The van der Waals surface area contributed by atoms with E-state index in [4.69, 9.17) is 9.88 Å². The van der Waals surface area contributed by atoms with Gasteiger partial charge in [0.1, 0.15) is 5.56 Å². The van der Waals surface area contributed by atoms with Crippen molar-refractivity contribution in [2.24, 2.45) is 5.14 Å². The van der Waals surface area contributed by atoms with Gasteiger partial charge in [0.25, 0.3) is 10.2 Å². The lowest BCUT2D eigenvalue weighted by Gasteiger charge is -2.26. The number of nitrogens with zero attached hydrogens (tertiary/aromatic N) is 3. The van der Waals surface area contributed by atoms with Crippen LogP contribution in [-0.2, 0) is 14.9 Å². The van der Waals surface area contributed by atoms with E-state index < -0.39 is 16.2 Å². The van der Waals surface area contributed by atoms with Crippen molar-refractivity contribution in [3.63, 3.8) is 0 Å². The second-order valence-corrected chi connectivity index (χ2v) is 8.53. The smallest absolute Gasteiger partial charge is 0.341 e. The molecule has 0 bridgehead atoms. The van der Waals surface area contributed by atoms with Crippen LogP contribution in [-0.4, -0.2) is 56.5 Å². The van der Waals surface area contributed by atoms with Crippen LogP contribution in [0.15, 0.2) is 18.3 Å². The van der Waals surface area contributed by atoms with Gasteiger partial charge in [0.05, 0.1) is 17.8 Å². The highest BCUT2D eigenvalue weighted by Crippen LogP contribution is 2.33. The number of nitrogens with two attached hydrogens (primary N) is 1. The number of hydrogen-bond donors (Lipinski definition) is 1. The zero-order valence-electron chi connectivity index (χ0n) is 16.4. The Hall–Kier alpha value is -2.23. The van der Waals surface area contributed by atoms with E-state index in [0.29, 0.717) is 31.6 Å². The van der Waals surface area contributed by atoms with Crippen LogP contribution in [0.1, 0.15) is 34.8 Å². The molecule has 0 radical (unpaired) electrons. The van der Waals surface area contributed by atoms with Crippen molar-refractivity contribution >= 4 is 32.8 Å². The minimum absolute atomic E-state index is 0.260. The molecule has 1 aromatic heterocycles. The molecule has 1 fully saturated rings. The second-order valence-electron chi connectivity index (χ2n) is 6.98. The molecule has 1 aromatic carbocycles. The Bertz CT molecular complexity index is 1010. The van der Waals surface area contributed by atoms with E-state index >= 15 is 0 Å². The molecule has 0 aliphatic carbocycles. The lowest BCUT2D eigenvalue weighted by atomic mass is 10.0. The molecule has 1 saturated heterocycles. The summed E-state index contributed by atoms with van der Waals surface area (Å²) in [5.74, 6) is -0.433. The Kier molecular flexibility index (Phi) is 5.87. The number of carbonyl (C=O) groups excluding carboxylic acids is 1. The zero-order chi connectivity index (χ0) is 20.5. The highest BCUT2D eigenvalue weighted by molar-refractivity contribution is 7.86. The van der Waals surface area contributed by atoms with Crippen molar-refractivity contribution in [1.82, 2.24) is 9.29 Å². The molecule has 0 unspecified atom stereocenters. The molecule has 1 aliphatic rings. The van der Waals surface area contributed by atoms with E-state index in [0.717, 1.165) is 27.7 Å². The number of ether oxygens (including phenoxy) is 1. The summed E-state index contributed by atoms with van der Waals surface area (Å²) in [6.45, 7) is 7.70. The normalized spacial score (nSPS) is 16.2. The first-order valence-corrected chi connectivity index (χ1v) is 10.8. The quantitative estimate of drug-likeness (QED) is 0.776. The monoisotopic (exact) mass is 406 g/mol. The molecule has 2 aromatic rings. The molecule has 9 heteroatoms. The number of carbonyl (C=O) groups is 1. The molecule has 2 heterocycles. The Morgan fingerprint density at radius 3 is 2.57 bits per heavy atom. The Balaban J connectivity index is 2.12. The summed E-state index contributed by atoms with van der Waals surface area (Å²) in [7, 11) is -3.74. The number of fused-ring (bicyclic) bond motifs is 1. The van der Waals surface area contributed by atoms with E-state index in [-0.39, 0.29) is 13.2 Å². The van der Waals surface area contributed by atoms with Crippen molar-refractivity contribution < 1.29 is 17.9 Å². The summed E-state index contributed by atoms with van der Waals surface area (Å²) in [5, 5.41) is 6.16. The van der Waals surface area contributed by atoms with Crippen LogP contribution in [0.5, 0.6) is 0 Å². The summed E-state index contributed by atoms with van der Waals surface area (Å²) in [5.41, 5.74) is 4.13. The fourth-order valence-corrected chi connectivity index (χ4v) is 4.23. The van der Waals surface area contributed by atoms with Crippen LogP contribution >= 0.6 is 0 Å². The summed E-state index contributed by atoms with van der Waals surface area (Å²) in [6, 6.07) is 4.02. The van der Waals surface area contributed by atoms with Gasteiger partial charge in [-0.2, -0.15) is 12.7 Å². The van der Waals surface area contributed by atoms with Gasteiger partial charge < -0.3 is 9.64 Å². The molecule has 0 amide bonds. The van der Waals surface area contributed by atoms with Gasteiger partial charge in [-0.15, -0.1) is 0 Å². The SMILES string of the molecule is CCOC(=O)c1cnc2cc(C)c(C)cc2c1N1CCCN(S(N)(=O)=O)CC1. The van der Waals surface area contributed by atoms with Gasteiger partial charge in [-0.05, 0) is 50.5 Å². The number of rotatable bonds is 4. The zero-order valence-corrected chi connectivity index (χ0v) is 17.3. The molecule has 0 spiro atoms. The average molecular weight is 407 g/mol. The van der Waals surface area contributed by atoms with Crippen molar-refractivity contribution in [2.75, 3.05) is 37.7 Å². The van der Waals surface area contributed by atoms with E-state index in [9.17, 15) is 13.2 Å². The Morgan fingerprint density at radius 2 is 1.89 bits per heavy atom. The number of esters is 1. The lowest BCUT2D eigenvalue weighted by Crippen LogP contribution is -2.39. The van der Waals surface area contributed by atoms with E-state index in [1.807, 2.05) is 30.9 Å². The maximum Gasteiger partial charge on any atom is 0.341 e.